The van der Waals surface area contributed by atoms with E-state index in [1.807, 2.05) is 0 Å². The number of fused-ring (bicyclic) bond motifs is 1. The van der Waals surface area contributed by atoms with Gasteiger partial charge in [-0.25, -0.2) is 0 Å². The first-order valence-electron chi connectivity index (χ1n) is 4.40. The van der Waals surface area contributed by atoms with Gasteiger partial charge in [0.15, 0.2) is 0 Å². The second-order valence-electron chi connectivity index (χ2n) is 3.34. The Balaban J connectivity index is 2.80. The molecule has 0 amide bonds. The fourth-order valence-electron chi connectivity index (χ4n) is 1.44. The Kier molecular flexibility index (Phi) is 2.03. The number of anilines is 1. The molecule has 0 aliphatic heterocycles. The molecule has 6 nitrogen and oxygen atoms in total. The number of nitrogens with zero attached hydrogens (tertiary/aromatic N) is 4. The molecule has 0 aromatic carbocycles. The number of rotatable bonds is 2. The molecule has 2 aromatic rings. The number of hydrogen-bond donors (Lipinski definition) is 0. The SMILES string of the molecule is CN(C)c1nc2ccccn2c1[N+](=O)[O-]. The fraction of sp³-hybridized carbons (Fsp3) is 0.222. The molecule has 0 aliphatic carbocycles. The van der Waals surface area contributed by atoms with Crippen molar-refractivity contribution in [2.75, 3.05) is 19.0 Å². The van der Waals surface area contributed by atoms with Crippen LogP contribution in [0, 0.1) is 10.1 Å². The van der Waals surface area contributed by atoms with E-state index in [9.17, 15) is 10.1 Å². The summed E-state index contributed by atoms with van der Waals surface area (Å²) in [5, 5.41) is 10.9. The van der Waals surface area contributed by atoms with Gasteiger partial charge in [0.1, 0.15) is 0 Å². The highest BCUT2D eigenvalue weighted by molar-refractivity contribution is 5.62. The van der Waals surface area contributed by atoms with Crippen LogP contribution in [-0.2, 0) is 0 Å². The maximum atomic E-state index is 10.9. The van der Waals surface area contributed by atoms with E-state index in [1.54, 1.807) is 43.4 Å². The Hall–Kier alpha value is -2.11. The van der Waals surface area contributed by atoms with Crippen LogP contribution in [0.4, 0.5) is 11.6 Å². The highest BCUT2D eigenvalue weighted by Gasteiger charge is 2.23. The zero-order valence-corrected chi connectivity index (χ0v) is 8.41. The maximum Gasteiger partial charge on any atom is 0.372 e. The van der Waals surface area contributed by atoms with E-state index in [0.29, 0.717) is 11.5 Å². The Morgan fingerprint density at radius 3 is 2.80 bits per heavy atom. The first kappa shape index (κ1) is 9.45. The molecule has 0 atom stereocenters. The normalized spacial score (nSPS) is 10.5. The zero-order valence-electron chi connectivity index (χ0n) is 8.41. The van der Waals surface area contributed by atoms with Crippen LogP contribution < -0.4 is 4.90 Å². The first-order valence-corrected chi connectivity index (χ1v) is 4.40. The van der Waals surface area contributed by atoms with E-state index >= 15 is 0 Å². The average Bonchev–Trinajstić information content (AvgIpc) is 2.56. The van der Waals surface area contributed by atoms with Gasteiger partial charge in [-0.2, -0.15) is 9.38 Å². The molecule has 0 saturated heterocycles. The van der Waals surface area contributed by atoms with E-state index in [0.717, 1.165) is 0 Å². The van der Waals surface area contributed by atoms with Gasteiger partial charge in [-0.15, -0.1) is 0 Å². The van der Waals surface area contributed by atoms with Crippen LogP contribution in [0.1, 0.15) is 0 Å². The van der Waals surface area contributed by atoms with Crippen LogP contribution in [0.25, 0.3) is 5.65 Å². The predicted molar refractivity (Wildman–Crippen MR) is 56.2 cm³/mol. The highest BCUT2D eigenvalue weighted by atomic mass is 16.6. The minimum atomic E-state index is -0.421. The lowest BCUT2D eigenvalue weighted by Crippen LogP contribution is -2.11. The van der Waals surface area contributed by atoms with Gasteiger partial charge in [-0.3, -0.25) is 0 Å². The quantitative estimate of drug-likeness (QED) is 0.549. The van der Waals surface area contributed by atoms with Crippen molar-refractivity contribution in [2.24, 2.45) is 0 Å². The lowest BCUT2D eigenvalue weighted by Gasteiger charge is -2.06. The van der Waals surface area contributed by atoms with Crippen molar-refractivity contribution in [3.63, 3.8) is 0 Å². The van der Waals surface area contributed by atoms with Crippen LogP contribution in [0.5, 0.6) is 0 Å². The van der Waals surface area contributed by atoms with Gasteiger partial charge in [0.2, 0.25) is 11.5 Å². The summed E-state index contributed by atoms with van der Waals surface area (Å²) in [5.41, 5.74) is 0.577. The summed E-state index contributed by atoms with van der Waals surface area (Å²) in [4.78, 5) is 16.3. The van der Waals surface area contributed by atoms with Gasteiger partial charge < -0.3 is 15.0 Å². The van der Waals surface area contributed by atoms with Gasteiger partial charge in [0, 0.05) is 20.2 Å². The molecule has 2 rings (SSSR count). The molecule has 0 aliphatic rings. The van der Waals surface area contributed by atoms with Crippen LogP contribution in [0.3, 0.4) is 0 Å². The molecular weight excluding hydrogens is 196 g/mol. The molecule has 0 unspecified atom stereocenters. The van der Waals surface area contributed by atoms with Crippen molar-refractivity contribution in [2.45, 2.75) is 0 Å². The van der Waals surface area contributed by atoms with Gasteiger partial charge in [-0.05, 0) is 11.0 Å². The third-order valence-corrected chi connectivity index (χ3v) is 2.08. The smallest absolute Gasteiger partial charge is 0.358 e. The first-order chi connectivity index (χ1) is 7.11. The second-order valence-corrected chi connectivity index (χ2v) is 3.34. The van der Waals surface area contributed by atoms with Crippen molar-refractivity contribution >= 4 is 17.3 Å². The lowest BCUT2D eigenvalue weighted by molar-refractivity contribution is -0.389. The van der Waals surface area contributed by atoms with Crippen molar-refractivity contribution in [1.29, 1.82) is 0 Å². The molecule has 15 heavy (non-hydrogen) atoms. The third-order valence-electron chi connectivity index (χ3n) is 2.08. The number of aromatic nitrogens is 2. The molecule has 0 bridgehead atoms. The number of imidazole rings is 1. The maximum absolute atomic E-state index is 10.9. The van der Waals surface area contributed by atoms with Crippen molar-refractivity contribution < 1.29 is 4.92 Å². The minimum Gasteiger partial charge on any atom is -0.358 e. The number of nitro groups is 1. The molecule has 78 valence electrons. The standard InChI is InChI=1S/C9H10N4O2/c1-11(2)8-9(13(14)15)12-6-4-3-5-7(12)10-8/h3-6H,1-2H3. The second kappa shape index (κ2) is 3.23. The molecule has 0 N–H and O–H groups in total. The summed E-state index contributed by atoms with van der Waals surface area (Å²) in [6, 6.07) is 5.27. The monoisotopic (exact) mass is 206 g/mol. The van der Waals surface area contributed by atoms with E-state index < -0.39 is 4.92 Å². The summed E-state index contributed by atoms with van der Waals surface area (Å²) in [7, 11) is 3.46. The summed E-state index contributed by atoms with van der Waals surface area (Å²) in [6.07, 6.45) is 1.63. The number of hydrogen-bond acceptors (Lipinski definition) is 4. The summed E-state index contributed by atoms with van der Waals surface area (Å²) < 4.78 is 1.47. The van der Waals surface area contributed by atoms with Gasteiger partial charge in [-0.1, -0.05) is 6.07 Å². The van der Waals surface area contributed by atoms with E-state index in [1.165, 1.54) is 4.40 Å². The Labute approximate surface area is 85.9 Å². The summed E-state index contributed by atoms with van der Waals surface area (Å²) in [5.74, 6) is 0.363. The van der Waals surface area contributed by atoms with Crippen LogP contribution >= 0.6 is 0 Å². The fourth-order valence-corrected chi connectivity index (χ4v) is 1.44. The highest BCUT2D eigenvalue weighted by Crippen LogP contribution is 2.26. The molecule has 2 heterocycles. The topological polar surface area (TPSA) is 63.7 Å². The van der Waals surface area contributed by atoms with Crippen molar-refractivity contribution in [3.05, 3.63) is 34.5 Å². The molecule has 0 radical (unpaired) electrons. The van der Waals surface area contributed by atoms with E-state index in [-0.39, 0.29) is 5.82 Å². The van der Waals surface area contributed by atoms with Gasteiger partial charge in [0.05, 0.1) is 6.20 Å². The predicted octanol–water partition coefficient (Wildman–Crippen LogP) is 1.31. The van der Waals surface area contributed by atoms with Crippen LogP contribution in [-0.4, -0.2) is 28.4 Å². The van der Waals surface area contributed by atoms with Gasteiger partial charge >= 0.3 is 5.82 Å². The summed E-state index contributed by atoms with van der Waals surface area (Å²) in [6.45, 7) is 0. The molecule has 0 fully saturated rings. The third kappa shape index (κ3) is 1.39. The molecule has 2 aromatic heterocycles. The summed E-state index contributed by atoms with van der Waals surface area (Å²) >= 11 is 0. The van der Waals surface area contributed by atoms with Crippen LogP contribution in [0.2, 0.25) is 0 Å². The Morgan fingerprint density at radius 2 is 2.20 bits per heavy atom. The molecule has 6 heteroatoms. The minimum absolute atomic E-state index is 0.00407. The Bertz CT molecular complexity index is 518. The van der Waals surface area contributed by atoms with Gasteiger partial charge in [0.25, 0.3) is 0 Å². The van der Waals surface area contributed by atoms with E-state index in [4.69, 9.17) is 0 Å². The van der Waals surface area contributed by atoms with Crippen molar-refractivity contribution in [1.82, 2.24) is 9.38 Å². The zero-order chi connectivity index (χ0) is 11.0. The van der Waals surface area contributed by atoms with Crippen molar-refractivity contribution in [3.8, 4) is 0 Å². The number of pyridine rings is 1. The molecular formula is C9H10N4O2. The van der Waals surface area contributed by atoms with E-state index in [2.05, 4.69) is 4.98 Å². The molecule has 0 spiro atoms. The average molecular weight is 206 g/mol. The molecule has 0 saturated carbocycles. The largest absolute Gasteiger partial charge is 0.372 e. The van der Waals surface area contributed by atoms with Crippen LogP contribution in [0.15, 0.2) is 24.4 Å². The lowest BCUT2D eigenvalue weighted by atomic mass is 10.5. The Morgan fingerprint density at radius 1 is 1.47 bits per heavy atom.